The standard InChI is InChI=1S/C13H15NO3.C12H13NO4.CH4/c1-3-16-13(15)7-6-12-14-10-8-9(2)4-5-11(10)17-12;1-2-16-12(15)6-5-11-13-9-7-8(14)3-4-10(9)17-11;/h4-5,8H,3,6-7H2,1-2H3;3-4,7,14H,2,5-6H2,1H3;1H4. The predicted octanol–water partition coefficient (Wildman–Crippen LogP) is 5.30. The van der Waals surface area contributed by atoms with Crippen molar-refractivity contribution in [3.05, 3.63) is 53.7 Å². The van der Waals surface area contributed by atoms with Gasteiger partial charge in [0, 0.05) is 18.9 Å². The minimum absolute atomic E-state index is 0. The van der Waals surface area contributed by atoms with E-state index >= 15 is 0 Å². The lowest BCUT2D eigenvalue weighted by molar-refractivity contribution is -0.144. The second-order valence-electron chi connectivity index (χ2n) is 7.45. The Morgan fingerprint density at radius 3 is 1.83 bits per heavy atom. The monoisotopic (exact) mass is 484 g/mol. The van der Waals surface area contributed by atoms with E-state index in [0.29, 0.717) is 55.4 Å². The van der Waals surface area contributed by atoms with Crippen molar-refractivity contribution in [1.29, 1.82) is 0 Å². The summed E-state index contributed by atoms with van der Waals surface area (Å²) in [5, 5.41) is 9.27. The molecule has 35 heavy (non-hydrogen) atoms. The third kappa shape index (κ3) is 8.13. The molecule has 0 bridgehead atoms. The maximum atomic E-state index is 11.2. The van der Waals surface area contributed by atoms with Gasteiger partial charge in [0.2, 0.25) is 0 Å². The zero-order valence-corrected chi connectivity index (χ0v) is 19.5. The molecule has 0 saturated carbocycles. The number of hydrogen-bond acceptors (Lipinski definition) is 9. The molecule has 0 radical (unpaired) electrons. The molecule has 4 rings (SSSR count). The Morgan fingerprint density at radius 1 is 0.829 bits per heavy atom. The first kappa shape index (κ1) is 27.4. The van der Waals surface area contributed by atoms with Gasteiger partial charge in [-0.25, -0.2) is 9.97 Å². The number of oxazole rings is 2. The normalized spacial score (nSPS) is 10.4. The summed E-state index contributed by atoms with van der Waals surface area (Å²) in [6.45, 7) is 6.35. The topological polar surface area (TPSA) is 125 Å². The van der Waals surface area contributed by atoms with Gasteiger partial charge in [0.1, 0.15) is 16.8 Å². The number of aromatic nitrogens is 2. The van der Waals surface area contributed by atoms with Gasteiger partial charge in [0.05, 0.1) is 26.1 Å². The van der Waals surface area contributed by atoms with Crippen molar-refractivity contribution in [3.8, 4) is 5.75 Å². The first-order chi connectivity index (χ1) is 16.4. The number of phenolic OH excluding ortho intramolecular Hbond substituents is 1. The largest absolute Gasteiger partial charge is 0.508 e. The summed E-state index contributed by atoms with van der Waals surface area (Å²) < 4.78 is 20.6. The Balaban J connectivity index is 0.000000240. The van der Waals surface area contributed by atoms with E-state index in [1.165, 1.54) is 12.1 Å². The van der Waals surface area contributed by atoms with Crippen LogP contribution in [0.3, 0.4) is 0 Å². The molecule has 1 N–H and O–H groups in total. The maximum Gasteiger partial charge on any atom is 0.306 e. The molecule has 0 amide bonds. The van der Waals surface area contributed by atoms with E-state index in [-0.39, 0.29) is 31.5 Å². The number of aryl methyl sites for hydroxylation is 3. The van der Waals surface area contributed by atoms with Crippen LogP contribution < -0.4 is 0 Å². The molecular formula is C26H32N2O7. The number of phenols is 1. The summed E-state index contributed by atoms with van der Waals surface area (Å²) in [6, 6.07) is 10.5. The third-order valence-corrected chi connectivity index (χ3v) is 4.70. The smallest absolute Gasteiger partial charge is 0.306 e. The van der Waals surface area contributed by atoms with Crippen LogP contribution in [-0.2, 0) is 31.9 Å². The number of carbonyl (C=O) groups excluding carboxylic acids is 2. The van der Waals surface area contributed by atoms with Gasteiger partial charge >= 0.3 is 11.9 Å². The Kier molecular flexibility index (Phi) is 10.3. The number of hydrogen-bond donors (Lipinski definition) is 1. The zero-order chi connectivity index (χ0) is 24.5. The molecule has 0 aliphatic carbocycles. The Morgan fingerprint density at radius 2 is 1.31 bits per heavy atom. The highest BCUT2D eigenvalue weighted by atomic mass is 16.5. The van der Waals surface area contributed by atoms with E-state index in [0.717, 1.165) is 16.7 Å². The predicted molar refractivity (Wildman–Crippen MR) is 131 cm³/mol. The van der Waals surface area contributed by atoms with Crippen molar-refractivity contribution in [2.24, 2.45) is 0 Å². The quantitative estimate of drug-likeness (QED) is 0.332. The molecule has 2 heterocycles. The number of fused-ring (bicyclic) bond motifs is 2. The van der Waals surface area contributed by atoms with Crippen molar-refractivity contribution in [2.75, 3.05) is 13.2 Å². The van der Waals surface area contributed by atoms with Gasteiger partial charge in [-0.15, -0.1) is 0 Å². The molecule has 2 aromatic heterocycles. The van der Waals surface area contributed by atoms with Crippen molar-refractivity contribution >= 4 is 34.1 Å². The average molecular weight is 485 g/mol. The molecular weight excluding hydrogens is 452 g/mol. The van der Waals surface area contributed by atoms with Crippen molar-refractivity contribution in [3.63, 3.8) is 0 Å². The molecule has 0 atom stereocenters. The zero-order valence-electron chi connectivity index (χ0n) is 19.5. The number of carbonyl (C=O) groups is 2. The highest BCUT2D eigenvalue weighted by Gasteiger charge is 2.10. The van der Waals surface area contributed by atoms with Gasteiger partial charge in [0.25, 0.3) is 0 Å². The lowest BCUT2D eigenvalue weighted by atomic mass is 10.2. The Labute approximate surface area is 204 Å². The van der Waals surface area contributed by atoms with Crippen molar-refractivity contribution in [1.82, 2.24) is 9.97 Å². The number of rotatable bonds is 8. The fourth-order valence-electron chi connectivity index (χ4n) is 3.15. The van der Waals surface area contributed by atoms with Crippen LogP contribution in [0.5, 0.6) is 5.75 Å². The van der Waals surface area contributed by atoms with Crippen LogP contribution >= 0.6 is 0 Å². The number of nitrogens with zero attached hydrogens (tertiary/aromatic N) is 2. The van der Waals surface area contributed by atoms with Gasteiger partial charge in [-0.05, 0) is 50.6 Å². The van der Waals surface area contributed by atoms with Crippen LogP contribution in [-0.4, -0.2) is 40.2 Å². The third-order valence-electron chi connectivity index (χ3n) is 4.70. The number of benzene rings is 2. The summed E-state index contributed by atoms with van der Waals surface area (Å²) in [5.41, 5.74) is 3.92. The fourth-order valence-corrected chi connectivity index (χ4v) is 3.15. The van der Waals surface area contributed by atoms with Gasteiger partial charge in [-0.1, -0.05) is 13.5 Å². The van der Waals surface area contributed by atoms with E-state index in [2.05, 4.69) is 9.97 Å². The summed E-state index contributed by atoms with van der Waals surface area (Å²) >= 11 is 0. The van der Waals surface area contributed by atoms with Gasteiger partial charge in [0.15, 0.2) is 22.9 Å². The number of ether oxygens (including phenoxy) is 2. The lowest BCUT2D eigenvalue weighted by Gasteiger charge is -1.98. The fraction of sp³-hybridized carbons (Fsp3) is 0.385. The van der Waals surface area contributed by atoms with Crippen LogP contribution in [0.2, 0.25) is 0 Å². The minimum Gasteiger partial charge on any atom is -0.508 e. The molecule has 0 spiro atoms. The molecule has 188 valence electrons. The van der Waals surface area contributed by atoms with Gasteiger partial charge < -0.3 is 23.4 Å². The lowest BCUT2D eigenvalue weighted by Crippen LogP contribution is -2.05. The summed E-state index contributed by atoms with van der Waals surface area (Å²) in [6.07, 6.45) is 1.42. The minimum atomic E-state index is -0.266. The summed E-state index contributed by atoms with van der Waals surface area (Å²) in [5.74, 6) is 0.712. The molecule has 0 fully saturated rings. The molecule has 9 nitrogen and oxygen atoms in total. The Hall–Kier alpha value is -3.88. The maximum absolute atomic E-state index is 11.2. The van der Waals surface area contributed by atoms with Crippen LogP contribution in [0.25, 0.3) is 22.2 Å². The average Bonchev–Trinajstić information content (AvgIpc) is 3.39. The molecule has 0 aliphatic heterocycles. The highest BCUT2D eigenvalue weighted by molar-refractivity contribution is 5.75. The highest BCUT2D eigenvalue weighted by Crippen LogP contribution is 2.21. The van der Waals surface area contributed by atoms with E-state index < -0.39 is 0 Å². The van der Waals surface area contributed by atoms with E-state index in [9.17, 15) is 14.7 Å². The van der Waals surface area contributed by atoms with Crippen LogP contribution in [0, 0.1) is 6.92 Å². The van der Waals surface area contributed by atoms with E-state index in [4.69, 9.17) is 18.3 Å². The molecule has 2 aromatic carbocycles. The van der Waals surface area contributed by atoms with Crippen LogP contribution in [0.1, 0.15) is 51.5 Å². The van der Waals surface area contributed by atoms with Gasteiger partial charge in [-0.3, -0.25) is 9.59 Å². The molecule has 0 aliphatic rings. The second-order valence-corrected chi connectivity index (χ2v) is 7.45. The second kappa shape index (κ2) is 13.1. The number of esters is 2. The Bertz CT molecular complexity index is 1160. The van der Waals surface area contributed by atoms with Crippen LogP contribution in [0.4, 0.5) is 0 Å². The van der Waals surface area contributed by atoms with E-state index in [1.54, 1.807) is 19.9 Å². The van der Waals surface area contributed by atoms with Crippen LogP contribution in [0.15, 0.2) is 45.2 Å². The SMILES string of the molecule is C.CCOC(=O)CCc1nc2cc(C)ccc2o1.CCOC(=O)CCc1nc2cc(O)ccc2o1. The molecule has 9 heteroatoms. The van der Waals surface area contributed by atoms with Gasteiger partial charge in [-0.2, -0.15) is 0 Å². The molecule has 4 aromatic rings. The summed E-state index contributed by atoms with van der Waals surface area (Å²) in [4.78, 5) is 30.9. The first-order valence-corrected chi connectivity index (χ1v) is 11.1. The molecule has 0 saturated heterocycles. The van der Waals surface area contributed by atoms with E-state index in [1.807, 2.05) is 25.1 Å². The number of aromatic hydroxyl groups is 1. The van der Waals surface area contributed by atoms with Crippen molar-refractivity contribution in [2.45, 2.75) is 53.9 Å². The first-order valence-electron chi connectivity index (χ1n) is 11.1. The summed E-state index contributed by atoms with van der Waals surface area (Å²) in [7, 11) is 0. The molecule has 0 unspecified atom stereocenters. The van der Waals surface area contributed by atoms with Crippen molar-refractivity contribution < 1.29 is 33.0 Å².